The standard InChI is InChI=1S/C10H14ClN3O3S/c1-6(2)18(16,17)14-9-5-7(11)3-4-8(9)10(12)13-15/h3-6,14-15H,1-2H3,(H2,12,13). The summed E-state index contributed by atoms with van der Waals surface area (Å²) >= 11 is 5.80. The molecule has 0 fully saturated rings. The number of nitrogens with two attached hydrogens (primary N) is 1. The molecule has 0 aromatic heterocycles. The largest absolute Gasteiger partial charge is 0.409 e. The lowest BCUT2D eigenvalue weighted by Crippen LogP contribution is -2.25. The van der Waals surface area contributed by atoms with Crippen molar-refractivity contribution in [2.24, 2.45) is 10.9 Å². The summed E-state index contributed by atoms with van der Waals surface area (Å²) in [6.45, 7) is 3.08. The van der Waals surface area contributed by atoms with E-state index >= 15 is 0 Å². The highest BCUT2D eigenvalue weighted by Crippen LogP contribution is 2.22. The molecule has 0 atom stereocenters. The number of anilines is 1. The van der Waals surface area contributed by atoms with E-state index in [1.165, 1.54) is 32.0 Å². The Labute approximate surface area is 110 Å². The Hall–Kier alpha value is -1.47. The minimum absolute atomic E-state index is 0.173. The highest BCUT2D eigenvalue weighted by atomic mass is 35.5. The number of benzene rings is 1. The molecular formula is C10H14ClN3O3S. The molecular weight excluding hydrogens is 278 g/mol. The van der Waals surface area contributed by atoms with Crippen LogP contribution in [0, 0.1) is 0 Å². The molecule has 4 N–H and O–H groups in total. The Bertz CT molecular complexity index is 570. The monoisotopic (exact) mass is 291 g/mol. The Balaban J connectivity index is 3.27. The van der Waals surface area contributed by atoms with Crippen LogP contribution in [0.15, 0.2) is 23.4 Å². The molecule has 0 unspecified atom stereocenters. The van der Waals surface area contributed by atoms with Gasteiger partial charge in [0.2, 0.25) is 10.0 Å². The molecule has 18 heavy (non-hydrogen) atoms. The van der Waals surface area contributed by atoms with Crippen LogP contribution in [0.4, 0.5) is 5.69 Å². The molecule has 0 saturated carbocycles. The average Bonchev–Trinajstić information content (AvgIpc) is 2.27. The highest BCUT2D eigenvalue weighted by molar-refractivity contribution is 7.93. The van der Waals surface area contributed by atoms with Gasteiger partial charge in [-0.1, -0.05) is 16.8 Å². The van der Waals surface area contributed by atoms with Gasteiger partial charge < -0.3 is 10.9 Å². The molecule has 100 valence electrons. The summed E-state index contributed by atoms with van der Waals surface area (Å²) in [6.07, 6.45) is 0. The lowest BCUT2D eigenvalue weighted by molar-refractivity contribution is 0.318. The van der Waals surface area contributed by atoms with Crippen molar-refractivity contribution in [3.8, 4) is 0 Å². The van der Waals surface area contributed by atoms with Gasteiger partial charge >= 0.3 is 0 Å². The van der Waals surface area contributed by atoms with E-state index in [2.05, 4.69) is 9.88 Å². The molecule has 0 bridgehead atoms. The minimum atomic E-state index is -3.53. The molecule has 1 aromatic rings. The first-order valence-electron chi connectivity index (χ1n) is 5.07. The number of halogens is 1. The van der Waals surface area contributed by atoms with Gasteiger partial charge in [-0.2, -0.15) is 0 Å². The second-order valence-electron chi connectivity index (χ2n) is 3.87. The summed E-state index contributed by atoms with van der Waals surface area (Å²) in [6, 6.07) is 4.38. The smallest absolute Gasteiger partial charge is 0.235 e. The molecule has 1 rings (SSSR count). The summed E-state index contributed by atoms with van der Waals surface area (Å²) in [5.41, 5.74) is 5.89. The number of amidine groups is 1. The fraction of sp³-hybridized carbons (Fsp3) is 0.300. The first-order chi connectivity index (χ1) is 8.27. The van der Waals surface area contributed by atoms with E-state index in [-0.39, 0.29) is 17.1 Å². The molecule has 0 heterocycles. The van der Waals surface area contributed by atoms with Crippen molar-refractivity contribution in [1.82, 2.24) is 0 Å². The number of nitrogens with one attached hydrogen (secondary N) is 1. The van der Waals surface area contributed by atoms with Gasteiger partial charge in [0.15, 0.2) is 5.84 Å². The van der Waals surface area contributed by atoms with E-state index in [0.717, 1.165) is 0 Å². The number of oxime groups is 1. The topological polar surface area (TPSA) is 105 Å². The normalized spacial score (nSPS) is 12.8. The predicted molar refractivity (Wildman–Crippen MR) is 71.6 cm³/mol. The molecule has 0 amide bonds. The van der Waals surface area contributed by atoms with Crippen LogP contribution in [-0.2, 0) is 10.0 Å². The molecule has 8 heteroatoms. The van der Waals surface area contributed by atoms with E-state index in [1.54, 1.807) is 0 Å². The molecule has 0 aliphatic rings. The number of hydrogen-bond donors (Lipinski definition) is 3. The Kier molecular flexibility index (Phi) is 4.42. The van der Waals surface area contributed by atoms with Gasteiger partial charge in [-0.05, 0) is 32.0 Å². The lowest BCUT2D eigenvalue weighted by atomic mass is 10.1. The molecule has 1 aromatic carbocycles. The summed E-state index contributed by atoms with van der Waals surface area (Å²) in [7, 11) is -3.53. The number of nitrogens with zero attached hydrogens (tertiary/aromatic N) is 1. The zero-order valence-corrected chi connectivity index (χ0v) is 11.5. The van der Waals surface area contributed by atoms with Crippen molar-refractivity contribution >= 4 is 33.1 Å². The number of rotatable bonds is 4. The van der Waals surface area contributed by atoms with E-state index in [1.807, 2.05) is 0 Å². The van der Waals surface area contributed by atoms with Crippen LogP contribution >= 0.6 is 11.6 Å². The van der Waals surface area contributed by atoms with E-state index in [4.69, 9.17) is 22.5 Å². The molecule has 6 nitrogen and oxygen atoms in total. The molecule has 0 aliphatic carbocycles. The SMILES string of the molecule is CC(C)S(=O)(=O)Nc1cc(Cl)ccc1C(N)=NO. The van der Waals surface area contributed by atoms with Crippen molar-refractivity contribution in [3.63, 3.8) is 0 Å². The fourth-order valence-corrected chi connectivity index (χ4v) is 2.03. The van der Waals surface area contributed by atoms with Crippen LogP contribution in [-0.4, -0.2) is 24.7 Å². The van der Waals surface area contributed by atoms with Crippen molar-refractivity contribution in [3.05, 3.63) is 28.8 Å². The highest BCUT2D eigenvalue weighted by Gasteiger charge is 2.18. The van der Waals surface area contributed by atoms with Crippen LogP contribution in [0.2, 0.25) is 5.02 Å². The van der Waals surface area contributed by atoms with Gasteiger partial charge in [-0.25, -0.2) is 8.42 Å². The fourth-order valence-electron chi connectivity index (χ4n) is 1.15. The van der Waals surface area contributed by atoms with Crippen LogP contribution in [0.5, 0.6) is 0 Å². The third-order valence-corrected chi connectivity index (χ3v) is 4.22. The van der Waals surface area contributed by atoms with Crippen molar-refractivity contribution in [1.29, 1.82) is 0 Å². The Morgan fingerprint density at radius 1 is 1.50 bits per heavy atom. The minimum Gasteiger partial charge on any atom is -0.409 e. The second kappa shape index (κ2) is 5.45. The van der Waals surface area contributed by atoms with E-state index in [9.17, 15) is 8.42 Å². The summed E-state index contributed by atoms with van der Waals surface area (Å²) < 4.78 is 25.9. The van der Waals surface area contributed by atoms with Crippen molar-refractivity contribution < 1.29 is 13.6 Å². The summed E-state index contributed by atoms with van der Waals surface area (Å²) in [4.78, 5) is 0. The van der Waals surface area contributed by atoms with Crippen LogP contribution in [0.3, 0.4) is 0 Å². The van der Waals surface area contributed by atoms with Gasteiger partial charge in [0.1, 0.15) is 0 Å². The van der Waals surface area contributed by atoms with Crippen molar-refractivity contribution in [2.75, 3.05) is 4.72 Å². The van der Waals surface area contributed by atoms with E-state index < -0.39 is 15.3 Å². The van der Waals surface area contributed by atoms with Crippen molar-refractivity contribution in [2.45, 2.75) is 19.1 Å². The zero-order valence-electron chi connectivity index (χ0n) is 9.88. The summed E-state index contributed by atoms with van der Waals surface area (Å²) in [5, 5.41) is 11.2. The number of hydrogen-bond acceptors (Lipinski definition) is 4. The molecule has 0 aliphatic heterocycles. The Morgan fingerprint density at radius 3 is 2.61 bits per heavy atom. The third-order valence-electron chi connectivity index (χ3n) is 2.24. The third kappa shape index (κ3) is 3.27. The molecule has 0 saturated heterocycles. The first kappa shape index (κ1) is 14.6. The van der Waals surface area contributed by atoms with Gasteiger partial charge in [-0.15, -0.1) is 0 Å². The number of sulfonamides is 1. The van der Waals surface area contributed by atoms with Gasteiger partial charge in [0.05, 0.1) is 10.9 Å². The zero-order chi connectivity index (χ0) is 13.9. The lowest BCUT2D eigenvalue weighted by Gasteiger charge is -2.14. The maximum absolute atomic E-state index is 11.8. The second-order valence-corrected chi connectivity index (χ2v) is 6.54. The maximum Gasteiger partial charge on any atom is 0.235 e. The van der Waals surface area contributed by atoms with Gasteiger partial charge in [0, 0.05) is 10.6 Å². The van der Waals surface area contributed by atoms with Gasteiger partial charge in [-0.3, -0.25) is 4.72 Å². The predicted octanol–water partition coefficient (Wildman–Crippen LogP) is 1.58. The van der Waals surface area contributed by atoms with E-state index in [0.29, 0.717) is 5.02 Å². The quantitative estimate of drug-likeness (QED) is 0.339. The summed E-state index contributed by atoms with van der Waals surface area (Å²) in [5.74, 6) is -0.201. The average molecular weight is 292 g/mol. The van der Waals surface area contributed by atoms with Crippen LogP contribution in [0.1, 0.15) is 19.4 Å². The first-order valence-corrected chi connectivity index (χ1v) is 6.99. The van der Waals surface area contributed by atoms with Crippen LogP contribution in [0.25, 0.3) is 0 Å². The van der Waals surface area contributed by atoms with Gasteiger partial charge in [0.25, 0.3) is 0 Å². The Morgan fingerprint density at radius 2 is 2.11 bits per heavy atom. The molecule has 0 radical (unpaired) electrons. The van der Waals surface area contributed by atoms with Crippen LogP contribution < -0.4 is 10.5 Å². The molecule has 0 spiro atoms. The maximum atomic E-state index is 11.8.